The molecule has 0 aromatic carbocycles. The summed E-state index contributed by atoms with van der Waals surface area (Å²) in [6, 6.07) is 2.21. The molecule has 0 atom stereocenters. The Bertz CT molecular complexity index is 427. The van der Waals surface area contributed by atoms with Crippen LogP contribution in [0, 0.1) is 20.8 Å². The van der Waals surface area contributed by atoms with E-state index in [1.807, 2.05) is 26.8 Å². The standard InChI is InChI=1S/C14H21N3O/c1-9-8-10(2)15-11(3)13(9)17-14(18)16-12-6-4-5-7-12/h8,12H,4-7H2,1-3H3,(H2,16,17,18). The molecule has 4 nitrogen and oxygen atoms in total. The fourth-order valence-corrected chi connectivity index (χ4v) is 2.62. The van der Waals surface area contributed by atoms with Crippen molar-refractivity contribution >= 4 is 11.7 Å². The van der Waals surface area contributed by atoms with Gasteiger partial charge in [0.2, 0.25) is 0 Å². The van der Waals surface area contributed by atoms with Crippen LogP contribution in [0.3, 0.4) is 0 Å². The van der Waals surface area contributed by atoms with Gasteiger partial charge in [-0.1, -0.05) is 12.8 Å². The average Bonchev–Trinajstić information content (AvgIpc) is 2.76. The molecule has 0 aliphatic heterocycles. The third kappa shape index (κ3) is 3.00. The van der Waals surface area contributed by atoms with Gasteiger partial charge in [0.15, 0.2) is 0 Å². The summed E-state index contributed by atoms with van der Waals surface area (Å²) in [6.45, 7) is 5.88. The van der Waals surface area contributed by atoms with Crippen molar-refractivity contribution in [1.29, 1.82) is 0 Å². The second-order valence-electron chi connectivity index (χ2n) is 5.12. The zero-order chi connectivity index (χ0) is 13.1. The summed E-state index contributed by atoms with van der Waals surface area (Å²) in [6.07, 6.45) is 4.62. The molecule has 1 aliphatic rings. The molecule has 4 heteroatoms. The number of amides is 2. The first-order chi connectivity index (χ1) is 8.56. The monoisotopic (exact) mass is 247 g/mol. The second kappa shape index (κ2) is 5.38. The normalized spacial score (nSPS) is 15.7. The van der Waals surface area contributed by atoms with Crippen LogP contribution in [0.1, 0.15) is 42.6 Å². The lowest BCUT2D eigenvalue weighted by molar-refractivity contribution is 0.248. The van der Waals surface area contributed by atoms with Crippen molar-refractivity contribution in [2.75, 3.05) is 5.32 Å². The number of carbonyl (C=O) groups excluding carboxylic acids is 1. The minimum atomic E-state index is -0.112. The zero-order valence-corrected chi connectivity index (χ0v) is 11.3. The molecule has 1 aliphatic carbocycles. The van der Waals surface area contributed by atoms with Crippen molar-refractivity contribution < 1.29 is 4.79 Å². The summed E-state index contributed by atoms with van der Waals surface area (Å²) >= 11 is 0. The molecule has 0 saturated heterocycles. The fourth-order valence-electron chi connectivity index (χ4n) is 2.62. The summed E-state index contributed by atoms with van der Waals surface area (Å²) in [5, 5.41) is 5.94. The predicted molar refractivity (Wildman–Crippen MR) is 72.9 cm³/mol. The Morgan fingerprint density at radius 2 is 1.94 bits per heavy atom. The smallest absolute Gasteiger partial charge is 0.319 e. The summed E-state index contributed by atoms with van der Waals surface area (Å²) in [5.41, 5.74) is 3.73. The van der Waals surface area contributed by atoms with E-state index in [4.69, 9.17) is 0 Å². The van der Waals surface area contributed by atoms with Gasteiger partial charge in [0.25, 0.3) is 0 Å². The molecule has 0 radical (unpaired) electrons. The van der Waals surface area contributed by atoms with E-state index in [0.717, 1.165) is 35.5 Å². The third-order valence-electron chi connectivity index (χ3n) is 3.45. The Hall–Kier alpha value is -1.58. The number of urea groups is 1. The van der Waals surface area contributed by atoms with Crippen LogP contribution < -0.4 is 10.6 Å². The van der Waals surface area contributed by atoms with Crippen LogP contribution >= 0.6 is 0 Å². The minimum absolute atomic E-state index is 0.112. The lowest BCUT2D eigenvalue weighted by Gasteiger charge is -2.15. The Morgan fingerprint density at radius 1 is 1.28 bits per heavy atom. The van der Waals surface area contributed by atoms with Crippen LogP contribution in [0.25, 0.3) is 0 Å². The van der Waals surface area contributed by atoms with Crippen molar-refractivity contribution in [2.45, 2.75) is 52.5 Å². The van der Waals surface area contributed by atoms with Crippen LogP contribution in [-0.2, 0) is 0 Å². The summed E-state index contributed by atoms with van der Waals surface area (Å²) < 4.78 is 0. The molecule has 2 rings (SSSR count). The fraction of sp³-hybridized carbons (Fsp3) is 0.571. The quantitative estimate of drug-likeness (QED) is 0.843. The van der Waals surface area contributed by atoms with Gasteiger partial charge in [0.05, 0.1) is 11.4 Å². The van der Waals surface area contributed by atoms with Crippen LogP contribution in [0.5, 0.6) is 0 Å². The van der Waals surface area contributed by atoms with Crippen LogP contribution in [-0.4, -0.2) is 17.1 Å². The number of carbonyl (C=O) groups is 1. The molecule has 1 fully saturated rings. The Labute approximate surface area is 108 Å². The van der Waals surface area contributed by atoms with E-state index in [0.29, 0.717) is 6.04 Å². The largest absolute Gasteiger partial charge is 0.335 e. The molecular weight excluding hydrogens is 226 g/mol. The molecule has 2 N–H and O–H groups in total. The molecule has 98 valence electrons. The predicted octanol–water partition coefficient (Wildman–Crippen LogP) is 3.07. The van der Waals surface area contributed by atoms with E-state index in [2.05, 4.69) is 15.6 Å². The van der Waals surface area contributed by atoms with Gasteiger partial charge < -0.3 is 10.6 Å². The van der Waals surface area contributed by atoms with Crippen molar-refractivity contribution in [3.63, 3.8) is 0 Å². The molecule has 1 saturated carbocycles. The molecule has 1 heterocycles. The van der Waals surface area contributed by atoms with Crippen molar-refractivity contribution in [2.24, 2.45) is 0 Å². The van der Waals surface area contributed by atoms with E-state index >= 15 is 0 Å². The molecule has 0 bridgehead atoms. The van der Waals surface area contributed by atoms with E-state index < -0.39 is 0 Å². The second-order valence-corrected chi connectivity index (χ2v) is 5.12. The number of anilines is 1. The van der Waals surface area contributed by atoms with Gasteiger partial charge in [-0.05, 0) is 45.2 Å². The maximum atomic E-state index is 11.9. The third-order valence-corrected chi connectivity index (χ3v) is 3.45. The summed E-state index contributed by atoms with van der Waals surface area (Å²) in [7, 11) is 0. The van der Waals surface area contributed by atoms with Crippen molar-refractivity contribution in [1.82, 2.24) is 10.3 Å². The maximum absolute atomic E-state index is 11.9. The molecule has 1 aromatic heterocycles. The number of aromatic nitrogens is 1. The van der Waals surface area contributed by atoms with Crippen LogP contribution in [0.15, 0.2) is 6.07 Å². The Kier molecular flexibility index (Phi) is 3.84. The molecule has 1 aromatic rings. The van der Waals surface area contributed by atoms with Gasteiger partial charge in [0.1, 0.15) is 0 Å². The van der Waals surface area contributed by atoms with Gasteiger partial charge in [-0.25, -0.2) is 4.79 Å². The summed E-state index contributed by atoms with van der Waals surface area (Å²) in [4.78, 5) is 16.3. The Balaban J connectivity index is 2.02. The maximum Gasteiger partial charge on any atom is 0.319 e. The molecule has 0 unspecified atom stereocenters. The number of nitrogens with one attached hydrogen (secondary N) is 2. The van der Waals surface area contributed by atoms with Gasteiger partial charge in [-0.3, -0.25) is 4.98 Å². The first-order valence-corrected chi connectivity index (χ1v) is 6.58. The summed E-state index contributed by atoms with van der Waals surface area (Å²) in [5.74, 6) is 0. The highest BCUT2D eigenvalue weighted by Crippen LogP contribution is 2.20. The minimum Gasteiger partial charge on any atom is -0.335 e. The number of aryl methyl sites for hydroxylation is 3. The lowest BCUT2D eigenvalue weighted by Crippen LogP contribution is -2.36. The van der Waals surface area contributed by atoms with Crippen LogP contribution in [0.2, 0.25) is 0 Å². The van der Waals surface area contributed by atoms with E-state index in [1.165, 1.54) is 12.8 Å². The van der Waals surface area contributed by atoms with Crippen molar-refractivity contribution in [3.05, 3.63) is 23.0 Å². The average molecular weight is 247 g/mol. The molecule has 2 amide bonds. The molecule has 18 heavy (non-hydrogen) atoms. The number of nitrogens with zero attached hydrogens (tertiary/aromatic N) is 1. The highest BCUT2D eigenvalue weighted by molar-refractivity contribution is 5.90. The Morgan fingerprint density at radius 3 is 2.56 bits per heavy atom. The van der Waals surface area contributed by atoms with Gasteiger partial charge in [0, 0.05) is 11.7 Å². The number of hydrogen-bond acceptors (Lipinski definition) is 2. The molecule has 0 spiro atoms. The first kappa shape index (κ1) is 12.9. The van der Waals surface area contributed by atoms with Gasteiger partial charge in [-0.2, -0.15) is 0 Å². The van der Waals surface area contributed by atoms with E-state index in [9.17, 15) is 4.79 Å². The highest BCUT2D eigenvalue weighted by Gasteiger charge is 2.17. The van der Waals surface area contributed by atoms with E-state index in [-0.39, 0.29) is 6.03 Å². The lowest BCUT2D eigenvalue weighted by atomic mass is 10.1. The van der Waals surface area contributed by atoms with Crippen LogP contribution in [0.4, 0.5) is 10.5 Å². The van der Waals surface area contributed by atoms with E-state index in [1.54, 1.807) is 0 Å². The van der Waals surface area contributed by atoms with Gasteiger partial charge >= 0.3 is 6.03 Å². The highest BCUT2D eigenvalue weighted by atomic mass is 16.2. The van der Waals surface area contributed by atoms with Crippen molar-refractivity contribution in [3.8, 4) is 0 Å². The van der Waals surface area contributed by atoms with Gasteiger partial charge in [-0.15, -0.1) is 0 Å². The SMILES string of the molecule is Cc1cc(C)c(NC(=O)NC2CCCC2)c(C)n1. The first-order valence-electron chi connectivity index (χ1n) is 6.58. The number of hydrogen-bond donors (Lipinski definition) is 2. The number of pyridine rings is 1. The topological polar surface area (TPSA) is 54.0 Å². The number of rotatable bonds is 2. The zero-order valence-electron chi connectivity index (χ0n) is 11.3. The molecular formula is C14H21N3O.